The monoisotopic (exact) mass is 213 g/mol. The molecule has 4 nitrogen and oxygen atoms in total. The summed E-state index contributed by atoms with van der Waals surface area (Å²) in [7, 11) is 0. The van der Waals surface area contributed by atoms with Crippen LogP contribution in [-0.2, 0) is 4.74 Å². The number of hydrogen-bond acceptors (Lipinski definition) is 4. The molecule has 1 aliphatic heterocycles. The summed E-state index contributed by atoms with van der Waals surface area (Å²) in [6, 6.07) is 0. The molecule has 2 atom stereocenters. The summed E-state index contributed by atoms with van der Waals surface area (Å²) in [6.45, 7) is 4.55. The predicted molar refractivity (Wildman–Crippen MR) is 58.6 cm³/mol. The van der Waals surface area contributed by atoms with Gasteiger partial charge in [-0.25, -0.2) is 0 Å². The molecule has 0 aromatic rings. The van der Waals surface area contributed by atoms with E-state index in [1.807, 2.05) is 0 Å². The third-order valence-corrected chi connectivity index (χ3v) is 2.70. The maximum Gasteiger partial charge on any atom is 0.0812 e. The molecule has 0 unspecified atom stereocenters. The van der Waals surface area contributed by atoms with Crippen LogP contribution in [-0.4, -0.2) is 30.5 Å². The van der Waals surface area contributed by atoms with Crippen LogP contribution in [0.3, 0.4) is 0 Å². The average Bonchev–Trinajstić information content (AvgIpc) is 2.57. The second kappa shape index (κ2) is 6.69. The molecule has 1 heterocycles. The SMILES string of the molecule is C=C1C[C@H](CCCO)O[C@H]1CCCN=O. The highest BCUT2D eigenvalue weighted by Crippen LogP contribution is 2.29. The molecule has 0 aromatic heterocycles. The number of ether oxygens (including phenoxy) is 1. The fourth-order valence-electron chi connectivity index (χ4n) is 1.90. The molecular weight excluding hydrogens is 194 g/mol. The van der Waals surface area contributed by atoms with Crippen LogP contribution in [0.5, 0.6) is 0 Å². The Hall–Kier alpha value is -0.740. The molecule has 0 spiro atoms. The van der Waals surface area contributed by atoms with Crippen LogP contribution in [0.15, 0.2) is 17.3 Å². The van der Waals surface area contributed by atoms with Crippen molar-refractivity contribution in [1.82, 2.24) is 0 Å². The van der Waals surface area contributed by atoms with Crippen LogP contribution < -0.4 is 0 Å². The molecule has 15 heavy (non-hydrogen) atoms. The van der Waals surface area contributed by atoms with Gasteiger partial charge in [-0.3, -0.25) is 0 Å². The van der Waals surface area contributed by atoms with Crippen molar-refractivity contribution in [3.05, 3.63) is 17.1 Å². The lowest BCUT2D eigenvalue weighted by Crippen LogP contribution is -2.12. The van der Waals surface area contributed by atoms with E-state index in [4.69, 9.17) is 9.84 Å². The topological polar surface area (TPSA) is 58.9 Å². The van der Waals surface area contributed by atoms with Gasteiger partial charge in [0.15, 0.2) is 0 Å². The number of nitrogens with zero attached hydrogens (tertiary/aromatic N) is 1. The van der Waals surface area contributed by atoms with Crippen molar-refractivity contribution in [3.8, 4) is 0 Å². The van der Waals surface area contributed by atoms with Crippen LogP contribution in [0, 0.1) is 4.91 Å². The summed E-state index contributed by atoms with van der Waals surface area (Å²) in [6.07, 6.45) is 4.45. The quantitative estimate of drug-likeness (QED) is 0.400. The Morgan fingerprint density at radius 3 is 2.93 bits per heavy atom. The van der Waals surface area contributed by atoms with Crippen molar-refractivity contribution >= 4 is 0 Å². The van der Waals surface area contributed by atoms with E-state index < -0.39 is 0 Å². The van der Waals surface area contributed by atoms with E-state index in [-0.39, 0.29) is 18.8 Å². The van der Waals surface area contributed by atoms with E-state index in [0.29, 0.717) is 6.54 Å². The van der Waals surface area contributed by atoms with E-state index in [0.717, 1.165) is 37.7 Å². The van der Waals surface area contributed by atoms with Gasteiger partial charge in [-0.15, -0.1) is 0 Å². The summed E-state index contributed by atoms with van der Waals surface area (Å²) < 4.78 is 5.77. The minimum Gasteiger partial charge on any atom is -0.396 e. The normalized spacial score (nSPS) is 25.8. The molecule has 0 amide bonds. The Bertz CT molecular complexity index is 218. The van der Waals surface area contributed by atoms with E-state index in [1.54, 1.807) is 0 Å². The first-order valence-corrected chi connectivity index (χ1v) is 5.51. The molecule has 1 rings (SSSR count). The number of nitroso groups, excluding NO2 is 1. The molecule has 1 aliphatic rings. The summed E-state index contributed by atoms with van der Waals surface area (Å²) in [5.74, 6) is 0. The van der Waals surface area contributed by atoms with Crippen molar-refractivity contribution in [2.45, 2.75) is 44.3 Å². The van der Waals surface area contributed by atoms with Gasteiger partial charge in [-0.05, 0) is 37.7 Å². The fraction of sp³-hybridized carbons (Fsp3) is 0.818. The highest BCUT2D eigenvalue weighted by molar-refractivity contribution is 5.09. The van der Waals surface area contributed by atoms with E-state index in [1.165, 1.54) is 0 Å². The van der Waals surface area contributed by atoms with Crippen LogP contribution in [0.2, 0.25) is 0 Å². The molecule has 0 radical (unpaired) electrons. The van der Waals surface area contributed by atoms with Crippen LogP contribution in [0.1, 0.15) is 32.1 Å². The number of hydrogen-bond donors (Lipinski definition) is 1. The highest BCUT2D eigenvalue weighted by Gasteiger charge is 2.27. The molecule has 0 aromatic carbocycles. The smallest absolute Gasteiger partial charge is 0.0812 e. The van der Waals surface area contributed by atoms with Crippen molar-refractivity contribution in [2.24, 2.45) is 5.18 Å². The molecule has 0 aliphatic carbocycles. The first-order chi connectivity index (χ1) is 7.27. The van der Waals surface area contributed by atoms with Gasteiger partial charge in [-0.1, -0.05) is 11.8 Å². The summed E-state index contributed by atoms with van der Waals surface area (Å²) in [4.78, 5) is 9.92. The van der Waals surface area contributed by atoms with Gasteiger partial charge < -0.3 is 9.84 Å². The lowest BCUT2D eigenvalue weighted by molar-refractivity contribution is 0.0388. The number of aliphatic hydroxyl groups excluding tert-OH is 1. The van der Waals surface area contributed by atoms with Gasteiger partial charge in [-0.2, -0.15) is 4.91 Å². The first-order valence-electron chi connectivity index (χ1n) is 5.51. The maximum absolute atomic E-state index is 9.92. The third-order valence-electron chi connectivity index (χ3n) is 2.70. The molecule has 1 fully saturated rings. The Morgan fingerprint density at radius 2 is 2.27 bits per heavy atom. The molecule has 0 saturated carbocycles. The standard InChI is InChI=1S/C11H19NO3/c1-9-8-10(4-3-7-13)15-11(9)5-2-6-12-14/h10-11,13H,1-8H2/t10-,11-/m0/s1. The summed E-state index contributed by atoms with van der Waals surface area (Å²) in [5.41, 5.74) is 1.11. The molecule has 0 bridgehead atoms. The van der Waals surface area contributed by atoms with E-state index in [9.17, 15) is 4.91 Å². The van der Waals surface area contributed by atoms with E-state index >= 15 is 0 Å². The van der Waals surface area contributed by atoms with Crippen molar-refractivity contribution in [2.75, 3.05) is 13.2 Å². The number of aliphatic hydroxyl groups is 1. The minimum atomic E-state index is 0.0930. The molecule has 4 heteroatoms. The van der Waals surface area contributed by atoms with Gasteiger partial charge in [0.05, 0.1) is 18.8 Å². The molecule has 1 saturated heterocycles. The Labute approximate surface area is 90.3 Å². The van der Waals surface area contributed by atoms with Crippen LogP contribution in [0.25, 0.3) is 0 Å². The third kappa shape index (κ3) is 4.10. The average molecular weight is 213 g/mol. The predicted octanol–water partition coefficient (Wildman–Crippen LogP) is 2.02. The van der Waals surface area contributed by atoms with Gasteiger partial charge in [0, 0.05) is 6.61 Å². The lowest BCUT2D eigenvalue weighted by Gasteiger charge is -2.12. The Morgan fingerprint density at radius 1 is 1.47 bits per heavy atom. The van der Waals surface area contributed by atoms with Crippen molar-refractivity contribution in [3.63, 3.8) is 0 Å². The zero-order chi connectivity index (χ0) is 11.1. The maximum atomic E-state index is 9.92. The molecule has 86 valence electrons. The largest absolute Gasteiger partial charge is 0.396 e. The Kier molecular flexibility index (Phi) is 5.50. The highest BCUT2D eigenvalue weighted by atomic mass is 16.5. The number of rotatable bonds is 7. The molecular formula is C11H19NO3. The lowest BCUT2D eigenvalue weighted by atomic mass is 10.0. The summed E-state index contributed by atoms with van der Waals surface area (Å²) in [5, 5.41) is 11.5. The van der Waals surface area contributed by atoms with Crippen LogP contribution >= 0.6 is 0 Å². The van der Waals surface area contributed by atoms with Crippen molar-refractivity contribution in [1.29, 1.82) is 0 Å². The Balaban J connectivity index is 2.23. The minimum absolute atomic E-state index is 0.0930. The van der Waals surface area contributed by atoms with Gasteiger partial charge >= 0.3 is 0 Å². The zero-order valence-electron chi connectivity index (χ0n) is 9.02. The van der Waals surface area contributed by atoms with Gasteiger partial charge in [0.2, 0.25) is 0 Å². The van der Waals surface area contributed by atoms with Gasteiger partial charge in [0.1, 0.15) is 0 Å². The second-order valence-corrected chi connectivity index (χ2v) is 3.97. The molecule has 1 N–H and O–H groups in total. The fourth-order valence-corrected chi connectivity index (χ4v) is 1.90. The van der Waals surface area contributed by atoms with Gasteiger partial charge in [0.25, 0.3) is 0 Å². The summed E-state index contributed by atoms with van der Waals surface area (Å²) >= 11 is 0. The first kappa shape index (κ1) is 12.3. The van der Waals surface area contributed by atoms with Crippen molar-refractivity contribution < 1.29 is 9.84 Å². The van der Waals surface area contributed by atoms with E-state index in [2.05, 4.69) is 11.8 Å². The van der Waals surface area contributed by atoms with Crippen LogP contribution in [0.4, 0.5) is 0 Å². The zero-order valence-corrected chi connectivity index (χ0v) is 9.02. The second-order valence-electron chi connectivity index (χ2n) is 3.97.